The highest BCUT2D eigenvalue weighted by Gasteiger charge is 2.15. The standard InChI is InChI=1S/C21H14FN3/c22-18-6-2-1-5-17(18)21-24-19-7-3-4-8-20(19)25(21)14-16-11-9-15(13-23)10-12-16/h1-12H,14H2. The minimum absolute atomic E-state index is 0.293. The van der Waals surface area contributed by atoms with Gasteiger partial charge in [-0.15, -0.1) is 0 Å². The van der Waals surface area contributed by atoms with E-state index < -0.39 is 0 Å². The average Bonchev–Trinajstić information content (AvgIpc) is 3.01. The Labute approximate surface area is 144 Å². The number of nitrogens with zero attached hydrogens (tertiary/aromatic N) is 3. The van der Waals surface area contributed by atoms with Gasteiger partial charge in [0.25, 0.3) is 0 Å². The van der Waals surface area contributed by atoms with E-state index in [9.17, 15) is 4.39 Å². The molecule has 0 aliphatic rings. The highest BCUT2D eigenvalue weighted by Crippen LogP contribution is 2.27. The number of rotatable bonds is 3. The highest BCUT2D eigenvalue weighted by molar-refractivity contribution is 5.80. The van der Waals surface area contributed by atoms with E-state index in [1.54, 1.807) is 24.3 Å². The molecule has 0 saturated carbocycles. The molecule has 1 aromatic heterocycles. The molecule has 25 heavy (non-hydrogen) atoms. The predicted octanol–water partition coefficient (Wildman–Crippen LogP) is 4.76. The van der Waals surface area contributed by atoms with Gasteiger partial charge in [-0.2, -0.15) is 5.26 Å². The van der Waals surface area contributed by atoms with Crippen molar-refractivity contribution in [1.29, 1.82) is 5.26 Å². The average molecular weight is 327 g/mol. The maximum Gasteiger partial charge on any atom is 0.144 e. The number of nitriles is 1. The Hall–Kier alpha value is -3.45. The molecule has 3 aromatic carbocycles. The third-order valence-electron chi connectivity index (χ3n) is 4.19. The van der Waals surface area contributed by atoms with Crippen LogP contribution < -0.4 is 0 Å². The van der Waals surface area contributed by atoms with Gasteiger partial charge < -0.3 is 4.57 Å². The normalized spacial score (nSPS) is 10.7. The first kappa shape index (κ1) is 15.1. The first-order chi connectivity index (χ1) is 12.3. The number of para-hydroxylation sites is 2. The Balaban J connectivity index is 1.87. The molecule has 0 saturated heterocycles. The Kier molecular flexibility index (Phi) is 3.75. The maximum absolute atomic E-state index is 14.3. The van der Waals surface area contributed by atoms with Crippen LogP contribution in [0.15, 0.2) is 72.8 Å². The maximum atomic E-state index is 14.3. The molecular weight excluding hydrogens is 313 g/mol. The van der Waals surface area contributed by atoms with Crippen LogP contribution >= 0.6 is 0 Å². The highest BCUT2D eigenvalue weighted by atomic mass is 19.1. The second-order valence-corrected chi connectivity index (χ2v) is 5.80. The topological polar surface area (TPSA) is 41.6 Å². The lowest BCUT2D eigenvalue weighted by atomic mass is 10.1. The molecule has 0 fully saturated rings. The van der Waals surface area contributed by atoms with Crippen LogP contribution in [0, 0.1) is 17.1 Å². The molecule has 0 amide bonds. The van der Waals surface area contributed by atoms with E-state index in [-0.39, 0.29) is 5.82 Å². The quantitative estimate of drug-likeness (QED) is 0.544. The summed E-state index contributed by atoms with van der Waals surface area (Å²) < 4.78 is 16.3. The fourth-order valence-electron chi connectivity index (χ4n) is 2.95. The van der Waals surface area contributed by atoms with E-state index in [0.717, 1.165) is 16.6 Å². The summed E-state index contributed by atoms with van der Waals surface area (Å²) >= 11 is 0. The number of benzene rings is 3. The molecule has 1 heterocycles. The largest absolute Gasteiger partial charge is 0.319 e. The van der Waals surface area contributed by atoms with Crippen molar-refractivity contribution in [3.8, 4) is 17.5 Å². The Bertz CT molecular complexity index is 1090. The van der Waals surface area contributed by atoms with E-state index >= 15 is 0 Å². The van der Waals surface area contributed by atoms with Crippen molar-refractivity contribution in [2.24, 2.45) is 0 Å². The summed E-state index contributed by atoms with van der Waals surface area (Å²) in [5.74, 6) is 0.308. The van der Waals surface area contributed by atoms with Gasteiger partial charge in [0.15, 0.2) is 0 Å². The van der Waals surface area contributed by atoms with Crippen molar-refractivity contribution in [3.05, 3.63) is 89.7 Å². The third-order valence-corrected chi connectivity index (χ3v) is 4.19. The summed E-state index contributed by atoms with van der Waals surface area (Å²) in [6.07, 6.45) is 0. The van der Waals surface area contributed by atoms with Gasteiger partial charge in [-0.3, -0.25) is 0 Å². The molecule has 0 spiro atoms. The lowest BCUT2D eigenvalue weighted by molar-refractivity contribution is 0.628. The fraction of sp³-hybridized carbons (Fsp3) is 0.0476. The molecule has 0 radical (unpaired) electrons. The van der Waals surface area contributed by atoms with Gasteiger partial charge in [0.2, 0.25) is 0 Å². The van der Waals surface area contributed by atoms with E-state index in [1.807, 2.05) is 47.0 Å². The second kappa shape index (κ2) is 6.21. The van der Waals surface area contributed by atoms with Crippen molar-refractivity contribution in [3.63, 3.8) is 0 Å². The molecule has 0 aliphatic heterocycles. The van der Waals surface area contributed by atoms with Crippen LogP contribution in [0.1, 0.15) is 11.1 Å². The first-order valence-corrected chi connectivity index (χ1v) is 7.95. The number of hydrogen-bond acceptors (Lipinski definition) is 2. The molecule has 0 atom stereocenters. The Morgan fingerprint density at radius 3 is 2.40 bits per heavy atom. The third kappa shape index (κ3) is 2.77. The number of fused-ring (bicyclic) bond motifs is 1. The molecule has 0 unspecified atom stereocenters. The van der Waals surface area contributed by atoms with E-state index in [2.05, 4.69) is 11.1 Å². The molecular formula is C21H14FN3. The van der Waals surface area contributed by atoms with Crippen molar-refractivity contribution in [2.45, 2.75) is 6.54 Å². The van der Waals surface area contributed by atoms with E-state index in [0.29, 0.717) is 23.5 Å². The van der Waals surface area contributed by atoms with Gasteiger partial charge >= 0.3 is 0 Å². The lowest BCUT2D eigenvalue weighted by Gasteiger charge is -2.10. The van der Waals surface area contributed by atoms with Crippen LogP contribution in [0.2, 0.25) is 0 Å². The molecule has 0 N–H and O–H groups in total. The molecule has 4 rings (SSSR count). The van der Waals surface area contributed by atoms with Gasteiger partial charge in [0.1, 0.15) is 11.6 Å². The minimum Gasteiger partial charge on any atom is -0.319 e. The van der Waals surface area contributed by atoms with Gasteiger partial charge in [-0.05, 0) is 42.0 Å². The van der Waals surface area contributed by atoms with Gasteiger partial charge in [0.05, 0.1) is 28.2 Å². The monoisotopic (exact) mass is 327 g/mol. The van der Waals surface area contributed by atoms with E-state index in [1.165, 1.54) is 6.07 Å². The summed E-state index contributed by atoms with van der Waals surface area (Å²) in [4.78, 5) is 4.64. The molecule has 3 nitrogen and oxygen atoms in total. The SMILES string of the molecule is N#Cc1ccc(Cn2c(-c3ccccc3F)nc3ccccc32)cc1. The van der Waals surface area contributed by atoms with Crippen LogP contribution in [0.5, 0.6) is 0 Å². The number of imidazole rings is 1. The molecule has 4 heteroatoms. The van der Waals surface area contributed by atoms with Gasteiger partial charge in [-0.25, -0.2) is 9.37 Å². The van der Waals surface area contributed by atoms with Crippen LogP contribution in [0.4, 0.5) is 4.39 Å². The van der Waals surface area contributed by atoms with Gasteiger partial charge in [0, 0.05) is 6.54 Å². The van der Waals surface area contributed by atoms with Crippen LogP contribution in [-0.4, -0.2) is 9.55 Å². The molecule has 0 bridgehead atoms. The van der Waals surface area contributed by atoms with Crippen LogP contribution in [-0.2, 0) is 6.54 Å². The summed E-state index contributed by atoms with van der Waals surface area (Å²) in [5.41, 5.74) is 3.90. The summed E-state index contributed by atoms with van der Waals surface area (Å²) in [6, 6.07) is 24.0. The van der Waals surface area contributed by atoms with Crippen LogP contribution in [0.25, 0.3) is 22.4 Å². The first-order valence-electron chi connectivity index (χ1n) is 7.95. The van der Waals surface area contributed by atoms with Crippen molar-refractivity contribution >= 4 is 11.0 Å². The summed E-state index contributed by atoms with van der Waals surface area (Å²) in [5, 5.41) is 8.94. The number of halogens is 1. The zero-order valence-electron chi connectivity index (χ0n) is 13.4. The van der Waals surface area contributed by atoms with Crippen LogP contribution in [0.3, 0.4) is 0 Å². The fourth-order valence-corrected chi connectivity index (χ4v) is 2.95. The Morgan fingerprint density at radius 1 is 0.920 bits per heavy atom. The number of aromatic nitrogens is 2. The Morgan fingerprint density at radius 2 is 1.64 bits per heavy atom. The lowest BCUT2D eigenvalue weighted by Crippen LogP contribution is -2.03. The van der Waals surface area contributed by atoms with Gasteiger partial charge in [-0.1, -0.05) is 36.4 Å². The van der Waals surface area contributed by atoms with Crippen molar-refractivity contribution < 1.29 is 4.39 Å². The molecule has 0 aliphatic carbocycles. The summed E-state index contributed by atoms with van der Waals surface area (Å²) in [6.45, 7) is 0.551. The number of hydrogen-bond donors (Lipinski definition) is 0. The molecule has 4 aromatic rings. The smallest absolute Gasteiger partial charge is 0.144 e. The van der Waals surface area contributed by atoms with Crippen molar-refractivity contribution in [1.82, 2.24) is 9.55 Å². The minimum atomic E-state index is -0.293. The molecule has 120 valence electrons. The summed E-state index contributed by atoms with van der Waals surface area (Å²) in [7, 11) is 0. The zero-order valence-corrected chi connectivity index (χ0v) is 13.4. The van der Waals surface area contributed by atoms with E-state index in [4.69, 9.17) is 5.26 Å². The zero-order chi connectivity index (χ0) is 17.2. The second-order valence-electron chi connectivity index (χ2n) is 5.80. The predicted molar refractivity (Wildman–Crippen MR) is 95.4 cm³/mol. The van der Waals surface area contributed by atoms with Crippen molar-refractivity contribution in [2.75, 3.05) is 0 Å².